The second kappa shape index (κ2) is 4.92. The van der Waals surface area contributed by atoms with Crippen molar-refractivity contribution < 1.29 is 0 Å². The first kappa shape index (κ1) is 10.1. The summed E-state index contributed by atoms with van der Waals surface area (Å²) < 4.78 is 0. The monoisotopic (exact) mass is 174 g/mol. The molecule has 0 aromatic rings. The third kappa shape index (κ3) is 3.11. The number of hydrogen-bond acceptors (Lipinski definition) is 0. The first-order valence-corrected chi connectivity index (χ1v) is 5.05. The zero-order valence-corrected chi connectivity index (χ0v) is 8.69. The van der Waals surface area contributed by atoms with Crippen LogP contribution in [-0.4, -0.2) is 0 Å². The van der Waals surface area contributed by atoms with E-state index in [1.165, 1.54) is 36.0 Å². The predicted octanol–water partition coefficient (Wildman–Crippen LogP) is 3.85. The lowest BCUT2D eigenvalue weighted by molar-refractivity contribution is 0.675. The van der Waals surface area contributed by atoms with E-state index in [0.717, 1.165) is 12.8 Å². The van der Waals surface area contributed by atoms with Crippen LogP contribution in [0.5, 0.6) is 0 Å². The number of terminal acetylenes is 1. The van der Waals surface area contributed by atoms with E-state index in [0.29, 0.717) is 0 Å². The summed E-state index contributed by atoms with van der Waals surface area (Å²) in [7, 11) is 0. The molecule has 0 N–H and O–H groups in total. The maximum Gasteiger partial charge on any atom is 0.00127 e. The van der Waals surface area contributed by atoms with Gasteiger partial charge in [0.15, 0.2) is 0 Å². The standard InChI is InChI=1S/C13H18/c1-4-12-7-5-6-8-13(12)10-9-11(2)3/h1,9H,5-8,10H2,2-3H3. The van der Waals surface area contributed by atoms with Crippen LogP contribution in [0.4, 0.5) is 0 Å². The molecule has 0 heteroatoms. The van der Waals surface area contributed by atoms with Gasteiger partial charge in [-0.2, -0.15) is 0 Å². The first-order valence-electron chi connectivity index (χ1n) is 5.05. The van der Waals surface area contributed by atoms with Crippen LogP contribution < -0.4 is 0 Å². The van der Waals surface area contributed by atoms with Crippen LogP contribution >= 0.6 is 0 Å². The molecule has 1 aliphatic carbocycles. The Bertz CT molecular complexity index is 267. The van der Waals surface area contributed by atoms with Crippen molar-refractivity contribution in [2.45, 2.75) is 46.0 Å². The zero-order chi connectivity index (χ0) is 9.68. The van der Waals surface area contributed by atoms with Gasteiger partial charge >= 0.3 is 0 Å². The van der Waals surface area contributed by atoms with E-state index in [2.05, 4.69) is 25.8 Å². The molecule has 0 aliphatic heterocycles. The molecular formula is C13H18. The molecule has 0 aromatic carbocycles. The summed E-state index contributed by atoms with van der Waals surface area (Å²) >= 11 is 0. The van der Waals surface area contributed by atoms with Gasteiger partial charge in [0.05, 0.1) is 0 Å². The normalized spacial score (nSPS) is 16.7. The van der Waals surface area contributed by atoms with Crippen molar-refractivity contribution in [3.63, 3.8) is 0 Å². The minimum atomic E-state index is 1.07. The molecule has 0 radical (unpaired) electrons. The molecule has 0 aromatic heterocycles. The molecule has 13 heavy (non-hydrogen) atoms. The molecule has 0 heterocycles. The quantitative estimate of drug-likeness (QED) is 0.440. The molecule has 0 saturated heterocycles. The molecular weight excluding hydrogens is 156 g/mol. The van der Waals surface area contributed by atoms with E-state index in [9.17, 15) is 0 Å². The first-order chi connectivity index (χ1) is 6.24. The molecule has 0 atom stereocenters. The summed E-state index contributed by atoms with van der Waals surface area (Å²) in [4.78, 5) is 0. The van der Waals surface area contributed by atoms with Crippen molar-refractivity contribution in [3.05, 3.63) is 22.8 Å². The topological polar surface area (TPSA) is 0 Å². The van der Waals surface area contributed by atoms with Crippen LogP contribution in [0, 0.1) is 12.3 Å². The highest BCUT2D eigenvalue weighted by Crippen LogP contribution is 2.26. The smallest absolute Gasteiger partial charge is 0.00127 e. The molecule has 0 unspecified atom stereocenters. The Labute approximate surface area is 81.7 Å². The van der Waals surface area contributed by atoms with E-state index >= 15 is 0 Å². The van der Waals surface area contributed by atoms with E-state index in [4.69, 9.17) is 6.42 Å². The van der Waals surface area contributed by atoms with Crippen molar-refractivity contribution in [2.75, 3.05) is 0 Å². The van der Waals surface area contributed by atoms with Crippen LogP contribution in [0.2, 0.25) is 0 Å². The second-order valence-corrected chi connectivity index (χ2v) is 3.92. The van der Waals surface area contributed by atoms with Crippen molar-refractivity contribution in [2.24, 2.45) is 0 Å². The Morgan fingerprint density at radius 2 is 2.08 bits per heavy atom. The fourth-order valence-electron chi connectivity index (χ4n) is 1.69. The van der Waals surface area contributed by atoms with E-state index in [1.54, 1.807) is 0 Å². The van der Waals surface area contributed by atoms with Gasteiger partial charge in [-0.1, -0.05) is 23.1 Å². The molecule has 0 spiro atoms. The third-order valence-electron chi connectivity index (χ3n) is 2.51. The lowest BCUT2D eigenvalue weighted by Crippen LogP contribution is -1.97. The Balaban J connectivity index is 2.70. The Hall–Kier alpha value is -0.960. The van der Waals surface area contributed by atoms with Gasteiger partial charge in [-0.05, 0) is 46.0 Å². The van der Waals surface area contributed by atoms with Crippen LogP contribution in [0.3, 0.4) is 0 Å². The highest BCUT2D eigenvalue weighted by molar-refractivity contribution is 5.34. The van der Waals surface area contributed by atoms with Crippen LogP contribution in [0.1, 0.15) is 46.0 Å². The average Bonchev–Trinajstić information content (AvgIpc) is 2.15. The average molecular weight is 174 g/mol. The van der Waals surface area contributed by atoms with Crippen LogP contribution in [0.15, 0.2) is 22.8 Å². The van der Waals surface area contributed by atoms with Crippen LogP contribution in [0.25, 0.3) is 0 Å². The maximum absolute atomic E-state index is 5.47. The van der Waals surface area contributed by atoms with E-state index in [1.807, 2.05) is 0 Å². The SMILES string of the molecule is C#CC1=C(CC=C(C)C)CCCC1. The minimum Gasteiger partial charge on any atom is -0.115 e. The molecule has 0 saturated carbocycles. The molecule has 0 nitrogen and oxygen atoms in total. The van der Waals surface area contributed by atoms with Gasteiger partial charge < -0.3 is 0 Å². The number of allylic oxidation sites excluding steroid dienone is 4. The summed E-state index contributed by atoms with van der Waals surface area (Å²) in [6, 6.07) is 0. The minimum absolute atomic E-state index is 1.07. The zero-order valence-electron chi connectivity index (χ0n) is 8.69. The summed E-state index contributed by atoms with van der Waals surface area (Å²) in [5.74, 6) is 2.83. The molecule has 0 bridgehead atoms. The van der Waals surface area contributed by atoms with Gasteiger partial charge in [-0.15, -0.1) is 6.42 Å². The van der Waals surface area contributed by atoms with Gasteiger partial charge in [0.1, 0.15) is 0 Å². The summed E-state index contributed by atoms with van der Waals surface area (Å²) in [6.07, 6.45) is 13.7. The fourth-order valence-corrected chi connectivity index (χ4v) is 1.69. The van der Waals surface area contributed by atoms with E-state index < -0.39 is 0 Å². The largest absolute Gasteiger partial charge is 0.115 e. The summed E-state index contributed by atoms with van der Waals surface area (Å²) in [6.45, 7) is 4.28. The highest BCUT2D eigenvalue weighted by atomic mass is 14.1. The summed E-state index contributed by atoms with van der Waals surface area (Å²) in [5.41, 5.74) is 4.15. The Morgan fingerprint density at radius 3 is 2.69 bits per heavy atom. The lowest BCUT2D eigenvalue weighted by Gasteiger charge is -2.15. The highest BCUT2D eigenvalue weighted by Gasteiger charge is 2.09. The van der Waals surface area contributed by atoms with Crippen molar-refractivity contribution in [1.29, 1.82) is 0 Å². The molecule has 1 aliphatic rings. The van der Waals surface area contributed by atoms with E-state index in [-0.39, 0.29) is 0 Å². The second-order valence-electron chi connectivity index (χ2n) is 3.92. The molecule has 70 valence electrons. The van der Waals surface area contributed by atoms with Gasteiger partial charge in [-0.3, -0.25) is 0 Å². The Kier molecular flexibility index (Phi) is 3.83. The van der Waals surface area contributed by atoms with Gasteiger partial charge in [0.2, 0.25) is 0 Å². The third-order valence-corrected chi connectivity index (χ3v) is 2.51. The van der Waals surface area contributed by atoms with Gasteiger partial charge in [0, 0.05) is 5.57 Å². The molecule has 1 rings (SSSR count). The fraction of sp³-hybridized carbons (Fsp3) is 0.538. The van der Waals surface area contributed by atoms with Crippen molar-refractivity contribution >= 4 is 0 Å². The van der Waals surface area contributed by atoms with Gasteiger partial charge in [-0.25, -0.2) is 0 Å². The lowest BCUT2D eigenvalue weighted by atomic mass is 9.90. The number of rotatable bonds is 2. The maximum atomic E-state index is 5.47. The number of hydrogen-bond donors (Lipinski definition) is 0. The summed E-state index contributed by atoms with van der Waals surface area (Å²) in [5, 5.41) is 0. The molecule has 0 fully saturated rings. The molecule has 0 amide bonds. The Morgan fingerprint density at radius 1 is 1.38 bits per heavy atom. The van der Waals surface area contributed by atoms with Crippen molar-refractivity contribution in [1.82, 2.24) is 0 Å². The predicted molar refractivity (Wildman–Crippen MR) is 58.4 cm³/mol. The van der Waals surface area contributed by atoms with Crippen LogP contribution in [-0.2, 0) is 0 Å². The van der Waals surface area contributed by atoms with Gasteiger partial charge in [0.25, 0.3) is 0 Å². The van der Waals surface area contributed by atoms with Crippen molar-refractivity contribution in [3.8, 4) is 12.3 Å².